The lowest BCUT2D eigenvalue weighted by atomic mass is 10.3. The normalized spacial score (nSPS) is 11.7. The van der Waals surface area contributed by atoms with Gasteiger partial charge in [0.15, 0.2) is 0 Å². The molecule has 106 valence electrons. The third kappa shape index (κ3) is 3.50. The number of anilines is 1. The average molecular weight is 339 g/mol. The van der Waals surface area contributed by atoms with Crippen LogP contribution in [0.25, 0.3) is 0 Å². The first-order chi connectivity index (χ1) is 9.27. The van der Waals surface area contributed by atoms with Crippen molar-refractivity contribution < 1.29 is 13.2 Å². The number of nitrogens with zero attached hydrogens (tertiary/aromatic N) is 1. The summed E-state index contributed by atoms with van der Waals surface area (Å²) in [5.41, 5.74) is 4.77. The molecule has 0 amide bonds. The fourth-order valence-corrected chi connectivity index (χ4v) is 2.76. The van der Waals surface area contributed by atoms with Gasteiger partial charge in [-0.15, -0.1) is 0 Å². The van der Waals surface area contributed by atoms with Gasteiger partial charge in [0.05, 0.1) is 16.9 Å². The van der Waals surface area contributed by atoms with E-state index in [1.807, 2.05) is 0 Å². The first-order valence-electron chi connectivity index (χ1n) is 5.23. The highest BCUT2D eigenvalue weighted by Gasteiger charge is 2.33. The SMILES string of the molecule is Nc1cnc(C(F)(F)F)cc1Sc1cc(Cl)ccc1Cl. The van der Waals surface area contributed by atoms with E-state index in [1.54, 1.807) is 18.2 Å². The summed E-state index contributed by atoms with van der Waals surface area (Å²) in [7, 11) is 0. The predicted octanol–water partition coefficient (Wildman–Crippen LogP) is 5.14. The van der Waals surface area contributed by atoms with Crippen molar-refractivity contribution in [2.75, 3.05) is 5.73 Å². The summed E-state index contributed by atoms with van der Waals surface area (Å²) in [5.74, 6) is 0. The number of nitrogen functional groups attached to an aromatic ring is 1. The van der Waals surface area contributed by atoms with Crippen LogP contribution < -0.4 is 5.73 Å². The topological polar surface area (TPSA) is 38.9 Å². The molecule has 0 spiro atoms. The van der Waals surface area contributed by atoms with E-state index in [2.05, 4.69) is 4.98 Å². The molecule has 0 bridgehead atoms. The number of halogens is 5. The third-order valence-electron chi connectivity index (χ3n) is 2.30. The minimum atomic E-state index is -4.53. The van der Waals surface area contributed by atoms with Crippen molar-refractivity contribution in [1.82, 2.24) is 4.98 Å². The molecule has 1 aromatic carbocycles. The van der Waals surface area contributed by atoms with E-state index in [4.69, 9.17) is 28.9 Å². The molecule has 0 aliphatic rings. The van der Waals surface area contributed by atoms with Crippen molar-refractivity contribution in [2.45, 2.75) is 16.0 Å². The fourth-order valence-electron chi connectivity index (χ4n) is 1.36. The van der Waals surface area contributed by atoms with E-state index in [0.717, 1.165) is 24.0 Å². The Bertz CT molecular complexity index is 647. The summed E-state index contributed by atoms with van der Waals surface area (Å²) in [6.07, 6.45) is -3.55. The third-order valence-corrected chi connectivity index (χ3v) is 4.11. The highest BCUT2D eigenvalue weighted by atomic mass is 35.5. The lowest BCUT2D eigenvalue weighted by molar-refractivity contribution is -0.141. The van der Waals surface area contributed by atoms with Gasteiger partial charge in [0.1, 0.15) is 5.69 Å². The molecule has 0 unspecified atom stereocenters. The number of pyridine rings is 1. The number of alkyl halides is 3. The molecule has 0 saturated heterocycles. The molecule has 0 atom stereocenters. The average Bonchev–Trinajstić information content (AvgIpc) is 2.35. The largest absolute Gasteiger partial charge is 0.433 e. The maximum Gasteiger partial charge on any atom is 0.433 e. The second kappa shape index (κ2) is 5.71. The van der Waals surface area contributed by atoms with E-state index in [-0.39, 0.29) is 10.6 Å². The van der Waals surface area contributed by atoms with Gasteiger partial charge in [-0.2, -0.15) is 13.2 Å². The zero-order valence-electron chi connectivity index (χ0n) is 9.71. The molecule has 2 N–H and O–H groups in total. The molecule has 2 rings (SSSR count). The Kier molecular flexibility index (Phi) is 4.36. The molecule has 2 aromatic rings. The van der Waals surface area contributed by atoms with Gasteiger partial charge in [0.2, 0.25) is 0 Å². The standard InChI is InChI=1S/C12H7Cl2F3N2S/c13-6-1-2-7(14)9(3-6)20-10-4-11(12(15,16)17)19-5-8(10)18/h1-5H,18H2. The molecule has 0 saturated carbocycles. The molecule has 1 aromatic heterocycles. The molecule has 2 nitrogen and oxygen atoms in total. The van der Waals surface area contributed by atoms with Gasteiger partial charge in [-0.05, 0) is 24.3 Å². The first-order valence-corrected chi connectivity index (χ1v) is 6.80. The number of rotatable bonds is 2. The quantitative estimate of drug-likeness (QED) is 0.823. The molecule has 0 aliphatic carbocycles. The van der Waals surface area contributed by atoms with Crippen molar-refractivity contribution in [1.29, 1.82) is 0 Å². The molecule has 0 aliphatic heterocycles. The van der Waals surface area contributed by atoms with Crippen LogP contribution in [0, 0.1) is 0 Å². The van der Waals surface area contributed by atoms with Crippen molar-refractivity contribution >= 4 is 40.7 Å². The number of aromatic nitrogens is 1. The van der Waals surface area contributed by atoms with Gasteiger partial charge in [-0.3, -0.25) is 0 Å². The van der Waals surface area contributed by atoms with Gasteiger partial charge in [0, 0.05) is 14.8 Å². The summed E-state index contributed by atoms with van der Waals surface area (Å²) < 4.78 is 37.9. The summed E-state index contributed by atoms with van der Waals surface area (Å²) in [4.78, 5) is 4.01. The number of benzene rings is 1. The Labute approximate surface area is 127 Å². The zero-order valence-corrected chi connectivity index (χ0v) is 12.0. The van der Waals surface area contributed by atoms with Crippen LogP contribution in [0.1, 0.15) is 5.69 Å². The fraction of sp³-hybridized carbons (Fsp3) is 0.0833. The number of hydrogen-bond acceptors (Lipinski definition) is 3. The molecule has 1 heterocycles. The second-order valence-corrected chi connectivity index (χ2v) is 5.71. The van der Waals surface area contributed by atoms with Crippen molar-refractivity contribution in [3.63, 3.8) is 0 Å². The van der Waals surface area contributed by atoms with Crippen molar-refractivity contribution in [3.8, 4) is 0 Å². The van der Waals surface area contributed by atoms with E-state index < -0.39 is 11.9 Å². The summed E-state index contributed by atoms with van der Waals surface area (Å²) >= 11 is 12.8. The minimum Gasteiger partial charge on any atom is -0.397 e. The van der Waals surface area contributed by atoms with Crippen LogP contribution in [0.5, 0.6) is 0 Å². The summed E-state index contributed by atoms with van der Waals surface area (Å²) in [5, 5.41) is 0.810. The minimum absolute atomic E-state index is 0.138. The number of nitrogens with two attached hydrogens (primary N) is 1. The summed E-state index contributed by atoms with van der Waals surface area (Å²) in [6.45, 7) is 0. The van der Waals surface area contributed by atoms with E-state index in [0.29, 0.717) is 14.9 Å². The lowest BCUT2D eigenvalue weighted by Crippen LogP contribution is -2.08. The van der Waals surface area contributed by atoms with Crippen LogP contribution in [-0.4, -0.2) is 4.98 Å². The Morgan fingerprint density at radius 3 is 2.45 bits per heavy atom. The lowest BCUT2D eigenvalue weighted by Gasteiger charge is -2.11. The Hall–Kier alpha value is -1.11. The zero-order chi connectivity index (χ0) is 14.9. The van der Waals surface area contributed by atoms with Gasteiger partial charge in [-0.25, -0.2) is 4.98 Å². The van der Waals surface area contributed by atoms with Gasteiger partial charge in [-0.1, -0.05) is 35.0 Å². The Morgan fingerprint density at radius 1 is 1.10 bits per heavy atom. The number of hydrogen-bond donors (Lipinski definition) is 1. The van der Waals surface area contributed by atoms with Crippen molar-refractivity contribution in [2.24, 2.45) is 0 Å². The first kappa shape index (κ1) is 15.3. The molecular weight excluding hydrogens is 332 g/mol. The molecular formula is C12H7Cl2F3N2S. The Morgan fingerprint density at radius 2 is 1.80 bits per heavy atom. The van der Waals surface area contributed by atoms with Crippen LogP contribution in [0.2, 0.25) is 10.0 Å². The van der Waals surface area contributed by atoms with Gasteiger partial charge in [0.25, 0.3) is 0 Å². The van der Waals surface area contributed by atoms with Gasteiger partial charge < -0.3 is 5.73 Å². The van der Waals surface area contributed by atoms with Gasteiger partial charge >= 0.3 is 6.18 Å². The predicted molar refractivity (Wildman–Crippen MR) is 74.2 cm³/mol. The monoisotopic (exact) mass is 338 g/mol. The van der Waals surface area contributed by atoms with Crippen LogP contribution >= 0.6 is 35.0 Å². The molecule has 20 heavy (non-hydrogen) atoms. The second-order valence-electron chi connectivity index (χ2n) is 3.78. The maximum absolute atomic E-state index is 12.6. The summed E-state index contributed by atoms with van der Waals surface area (Å²) in [6, 6.07) is 5.60. The van der Waals surface area contributed by atoms with Crippen molar-refractivity contribution in [3.05, 3.63) is 46.2 Å². The highest BCUT2D eigenvalue weighted by Crippen LogP contribution is 2.39. The van der Waals surface area contributed by atoms with Crippen LogP contribution in [0.4, 0.5) is 18.9 Å². The van der Waals surface area contributed by atoms with E-state index in [1.165, 1.54) is 0 Å². The highest BCUT2D eigenvalue weighted by molar-refractivity contribution is 7.99. The van der Waals surface area contributed by atoms with Crippen LogP contribution in [0.3, 0.4) is 0 Å². The smallest absolute Gasteiger partial charge is 0.397 e. The van der Waals surface area contributed by atoms with Crippen LogP contribution in [-0.2, 0) is 6.18 Å². The maximum atomic E-state index is 12.6. The Balaban J connectivity index is 2.40. The van der Waals surface area contributed by atoms with E-state index in [9.17, 15) is 13.2 Å². The molecule has 0 radical (unpaired) electrons. The molecule has 0 fully saturated rings. The van der Waals surface area contributed by atoms with Crippen LogP contribution in [0.15, 0.2) is 40.3 Å². The van der Waals surface area contributed by atoms with E-state index >= 15 is 0 Å². The molecule has 8 heteroatoms.